The summed E-state index contributed by atoms with van der Waals surface area (Å²) in [6.45, 7) is 5.64. The Labute approximate surface area is 170 Å². The fourth-order valence-electron chi connectivity index (χ4n) is 2.84. The Bertz CT molecular complexity index is 977. The van der Waals surface area contributed by atoms with Crippen LogP contribution in [0.5, 0.6) is 0 Å². The SMILES string of the molecule is COCCn1c(C)cc(C(=O)COC(=O)CNS(=O)(=O)c2ccc(C)cc2)c1C. The van der Waals surface area contributed by atoms with Crippen LogP contribution in [0.2, 0.25) is 0 Å². The van der Waals surface area contributed by atoms with E-state index < -0.39 is 29.1 Å². The molecule has 0 saturated heterocycles. The van der Waals surface area contributed by atoms with Crippen molar-refractivity contribution in [2.75, 3.05) is 26.9 Å². The summed E-state index contributed by atoms with van der Waals surface area (Å²) in [5.41, 5.74) is 3.05. The molecule has 1 aromatic heterocycles. The van der Waals surface area contributed by atoms with Gasteiger partial charge in [-0.25, -0.2) is 8.42 Å². The summed E-state index contributed by atoms with van der Waals surface area (Å²) in [6, 6.07) is 7.96. The third-order valence-electron chi connectivity index (χ3n) is 4.50. The highest BCUT2D eigenvalue weighted by atomic mass is 32.2. The van der Waals surface area contributed by atoms with Gasteiger partial charge in [0.25, 0.3) is 0 Å². The smallest absolute Gasteiger partial charge is 0.321 e. The molecule has 0 bridgehead atoms. The fraction of sp³-hybridized carbons (Fsp3) is 0.400. The van der Waals surface area contributed by atoms with Crippen molar-refractivity contribution < 1.29 is 27.5 Å². The van der Waals surface area contributed by atoms with Crippen molar-refractivity contribution in [2.24, 2.45) is 0 Å². The maximum absolute atomic E-state index is 12.4. The summed E-state index contributed by atoms with van der Waals surface area (Å²) in [5.74, 6) is -1.18. The standard InChI is InChI=1S/C20H26N2O6S/c1-14-5-7-17(8-6-14)29(25,26)21-12-20(24)28-13-19(23)18-11-15(2)22(16(18)3)9-10-27-4/h5-8,11,21H,9-10,12-13H2,1-4H3. The minimum Gasteiger partial charge on any atom is -0.456 e. The molecule has 0 aliphatic heterocycles. The highest BCUT2D eigenvalue weighted by molar-refractivity contribution is 7.89. The molecule has 1 heterocycles. The minimum atomic E-state index is -3.83. The molecule has 0 aliphatic rings. The number of nitrogens with zero attached hydrogens (tertiary/aromatic N) is 1. The number of rotatable bonds is 10. The van der Waals surface area contributed by atoms with E-state index in [1.165, 1.54) is 12.1 Å². The number of Topliss-reactive ketones (excluding diaryl/α,β-unsaturated/α-hetero) is 1. The van der Waals surface area contributed by atoms with E-state index in [4.69, 9.17) is 9.47 Å². The fourth-order valence-corrected chi connectivity index (χ4v) is 3.81. The van der Waals surface area contributed by atoms with Gasteiger partial charge in [-0.05, 0) is 39.0 Å². The number of aryl methyl sites for hydroxylation is 2. The van der Waals surface area contributed by atoms with Crippen LogP contribution < -0.4 is 4.72 Å². The molecule has 158 valence electrons. The average molecular weight is 423 g/mol. The van der Waals surface area contributed by atoms with Crippen molar-refractivity contribution in [3.05, 3.63) is 52.8 Å². The van der Waals surface area contributed by atoms with E-state index >= 15 is 0 Å². The summed E-state index contributed by atoms with van der Waals surface area (Å²) in [7, 11) is -2.23. The predicted molar refractivity (Wildman–Crippen MR) is 107 cm³/mol. The number of sulfonamides is 1. The number of carbonyl (C=O) groups is 2. The lowest BCUT2D eigenvalue weighted by atomic mass is 10.1. The Kier molecular flexibility index (Phi) is 7.72. The second-order valence-electron chi connectivity index (χ2n) is 6.65. The quantitative estimate of drug-likeness (QED) is 0.462. The van der Waals surface area contributed by atoms with Crippen molar-refractivity contribution >= 4 is 21.8 Å². The summed E-state index contributed by atoms with van der Waals surface area (Å²) >= 11 is 0. The van der Waals surface area contributed by atoms with Gasteiger partial charge in [-0.2, -0.15) is 4.72 Å². The Balaban J connectivity index is 1.90. The molecule has 1 aromatic carbocycles. The van der Waals surface area contributed by atoms with Crippen LogP contribution in [0.4, 0.5) is 0 Å². The third-order valence-corrected chi connectivity index (χ3v) is 5.91. The number of methoxy groups -OCH3 is 1. The van der Waals surface area contributed by atoms with Crippen LogP contribution in [0, 0.1) is 20.8 Å². The molecular weight excluding hydrogens is 396 g/mol. The van der Waals surface area contributed by atoms with Gasteiger partial charge in [0.05, 0.1) is 11.5 Å². The molecule has 0 unspecified atom stereocenters. The molecule has 1 N–H and O–H groups in total. The topological polar surface area (TPSA) is 104 Å². The predicted octanol–water partition coefficient (Wildman–Crippen LogP) is 1.76. The second-order valence-corrected chi connectivity index (χ2v) is 8.42. The highest BCUT2D eigenvalue weighted by Crippen LogP contribution is 2.16. The van der Waals surface area contributed by atoms with Gasteiger partial charge in [-0.1, -0.05) is 17.7 Å². The van der Waals surface area contributed by atoms with Gasteiger partial charge in [-0.15, -0.1) is 0 Å². The van der Waals surface area contributed by atoms with Crippen LogP contribution in [0.25, 0.3) is 0 Å². The van der Waals surface area contributed by atoms with Crippen molar-refractivity contribution in [3.63, 3.8) is 0 Å². The molecule has 8 nitrogen and oxygen atoms in total. The van der Waals surface area contributed by atoms with E-state index in [1.807, 2.05) is 25.3 Å². The molecule has 29 heavy (non-hydrogen) atoms. The summed E-state index contributed by atoms with van der Waals surface area (Å²) in [5, 5.41) is 0. The lowest BCUT2D eigenvalue weighted by Crippen LogP contribution is -2.31. The first-order chi connectivity index (χ1) is 13.7. The van der Waals surface area contributed by atoms with Crippen LogP contribution in [0.3, 0.4) is 0 Å². The van der Waals surface area contributed by atoms with Gasteiger partial charge in [-0.3, -0.25) is 9.59 Å². The number of nitrogens with one attached hydrogen (secondary N) is 1. The molecule has 0 radical (unpaired) electrons. The molecule has 2 rings (SSSR count). The molecule has 0 atom stereocenters. The first-order valence-corrected chi connectivity index (χ1v) is 10.5. The van der Waals surface area contributed by atoms with Crippen molar-refractivity contribution in [1.29, 1.82) is 0 Å². The first kappa shape index (κ1) is 22.8. The maximum atomic E-state index is 12.4. The number of benzene rings is 1. The number of carbonyl (C=O) groups excluding carboxylic acids is 2. The van der Waals surface area contributed by atoms with Crippen LogP contribution in [0.1, 0.15) is 27.3 Å². The molecule has 0 spiro atoms. The van der Waals surface area contributed by atoms with Crippen LogP contribution >= 0.6 is 0 Å². The number of hydrogen-bond donors (Lipinski definition) is 1. The Morgan fingerprint density at radius 3 is 2.38 bits per heavy atom. The number of ether oxygens (including phenoxy) is 2. The lowest BCUT2D eigenvalue weighted by Gasteiger charge is -2.09. The number of hydrogen-bond acceptors (Lipinski definition) is 6. The van der Waals surface area contributed by atoms with E-state index in [2.05, 4.69) is 4.72 Å². The van der Waals surface area contributed by atoms with Crippen molar-refractivity contribution in [2.45, 2.75) is 32.2 Å². The molecule has 0 aliphatic carbocycles. The van der Waals surface area contributed by atoms with Gasteiger partial charge in [0.1, 0.15) is 6.54 Å². The van der Waals surface area contributed by atoms with Gasteiger partial charge >= 0.3 is 5.97 Å². The molecule has 9 heteroatoms. The monoisotopic (exact) mass is 422 g/mol. The summed E-state index contributed by atoms with van der Waals surface area (Å²) in [4.78, 5) is 24.3. The number of aromatic nitrogens is 1. The highest BCUT2D eigenvalue weighted by Gasteiger charge is 2.19. The van der Waals surface area contributed by atoms with E-state index in [0.29, 0.717) is 18.7 Å². The first-order valence-electron chi connectivity index (χ1n) is 9.06. The zero-order valence-electron chi connectivity index (χ0n) is 17.0. The third kappa shape index (κ3) is 5.99. The molecule has 0 saturated carbocycles. The molecule has 2 aromatic rings. The van der Waals surface area contributed by atoms with Gasteiger partial charge in [0.2, 0.25) is 15.8 Å². The molecule has 0 amide bonds. The Hall–Kier alpha value is -2.49. The lowest BCUT2D eigenvalue weighted by molar-refractivity contribution is -0.141. The Morgan fingerprint density at radius 2 is 1.76 bits per heavy atom. The summed E-state index contributed by atoms with van der Waals surface area (Å²) in [6.07, 6.45) is 0. The average Bonchev–Trinajstić information content (AvgIpc) is 2.97. The Morgan fingerprint density at radius 1 is 1.10 bits per heavy atom. The number of esters is 1. The van der Waals surface area contributed by atoms with Gasteiger partial charge in [0, 0.05) is 30.6 Å². The second kappa shape index (κ2) is 9.82. The zero-order valence-corrected chi connectivity index (χ0v) is 17.8. The van der Waals surface area contributed by atoms with E-state index in [-0.39, 0.29) is 10.7 Å². The van der Waals surface area contributed by atoms with Crippen LogP contribution in [-0.2, 0) is 30.8 Å². The van der Waals surface area contributed by atoms with E-state index in [1.54, 1.807) is 25.3 Å². The van der Waals surface area contributed by atoms with Crippen molar-refractivity contribution in [1.82, 2.24) is 9.29 Å². The van der Waals surface area contributed by atoms with Gasteiger partial charge < -0.3 is 14.0 Å². The van der Waals surface area contributed by atoms with Crippen molar-refractivity contribution in [3.8, 4) is 0 Å². The van der Waals surface area contributed by atoms with Crippen LogP contribution in [-0.4, -0.2) is 51.6 Å². The number of ketones is 1. The maximum Gasteiger partial charge on any atom is 0.321 e. The van der Waals surface area contributed by atoms with Gasteiger partial charge in [0.15, 0.2) is 6.61 Å². The zero-order chi connectivity index (χ0) is 21.6. The molecular formula is C20H26N2O6S. The molecule has 0 fully saturated rings. The van der Waals surface area contributed by atoms with E-state index in [0.717, 1.165) is 17.0 Å². The largest absolute Gasteiger partial charge is 0.456 e. The minimum absolute atomic E-state index is 0.0514. The van der Waals surface area contributed by atoms with E-state index in [9.17, 15) is 18.0 Å². The van der Waals surface area contributed by atoms with Crippen LogP contribution in [0.15, 0.2) is 35.2 Å². The normalized spacial score (nSPS) is 11.4. The summed E-state index contributed by atoms with van der Waals surface area (Å²) < 4.78 is 38.5.